The molecule has 0 heterocycles. The predicted octanol–water partition coefficient (Wildman–Crippen LogP) is 2.75. The zero-order valence-corrected chi connectivity index (χ0v) is 11.9. The van der Waals surface area contributed by atoms with E-state index in [0.29, 0.717) is 12.5 Å². The van der Waals surface area contributed by atoms with Crippen LogP contribution in [0.4, 0.5) is 0 Å². The molecule has 2 nitrogen and oxygen atoms in total. The molecule has 2 heteroatoms. The maximum atomic E-state index is 10.5. The van der Waals surface area contributed by atoms with Crippen LogP contribution >= 0.6 is 0 Å². The number of benzene rings is 1. The Bertz CT molecular complexity index is 439. The van der Waals surface area contributed by atoms with Crippen molar-refractivity contribution in [3.05, 3.63) is 34.9 Å². The van der Waals surface area contributed by atoms with Gasteiger partial charge in [0, 0.05) is 12.5 Å². The zero-order valence-electron chi connectivity index (χ0n) is 11.9. The third-order valence-corrected chi connectivity index (χ3v) is 4.63. The van der Waals surface area contributed by atoms with E-state index in [-0.39, 0.29) is 17.4 Å². The largest absolute Gasteiger partial charge is 0.392 e. The summed E-state index contributed by atoms with van der Waals surface area (Å²) in [6.07, 6.45) is 0.794. The van der Waals surface area contributed by atoms with Crippen molar-refractivity contribution in [1.29, 1.82) is 0 Å². The van der Waals surface area contributed by atoms with Crippen molar-refractivity contribution in [2.45, 2.75) is 46.1 Å². The van der Waals surface area contributed by atoms with E-state index in [9.17, 15) is 5.11 Å². The summed E-state index contributed by atoms with van der Waals surface area (Å²) in [5.74, 6) is 0.462. The minimum Gasteiger partial charge on any atom is -0.392 e. The summed E-state index contributed by atoms with van der Waals surface area (Å²) >= 11 is 0. The lowest BCUT2D eigenvalue weighted by atomic mass is 9.87. The van der Waals surface area contributed by atoms with Gasteiger partial charge >= 0.3 is 0 Å². The van der Waals surface area contributed by atoms with Gasteiger partial charge in [-0.25, -0.2) is 0 Å². The van der Waals surface area contributed by atoms with Gasteiger partial charge in [-0.3, -0.25) is 0 Å². The number of hydrogen-bond acceptors (Lipinski definition) is 2. The summed E-state index contributed by atoms with van der Waals surface area (Å²) in [6, 6.07) is 6.40. The van der Waals surface area contributed by atoms with Gasteiger partial charge in [0.05, 0.1) is 6.10 Å². The fourth-order valence-electron chi connectivity index (χ4n) is 2.84. The van der Waals surface area contributed by atoms with Gasteiger partial charge in [0.15, 0.2) is 0 Å². The highest BCUT2D eigenvalue weighted by Crippen LogP contribution is 2.55. The summed E-state index contributed by atoms with van der Waals surface area (Å²) in [4.78, 5) is 0. The average Bonchev–Trinajstić information content (AvgIpc) is 2.94. The van der Waals surface area contributed by atoms with Crippen molar-refractivity contribution in [2.24, 2.45) is 17.1 Å². The second-order valence-electron chi connectivity index (χ2n) is 6.48. The van der Waals surface area contributed by atoms with Crippen LogP contribution in [0, 0.1) is 25.2 Å². The smallest absolute Gasteiger partial charge is 0.0654 e. The molecule has 100 valence electrons. The zero-order chi connectivity index (χ0) is 13.5. The molecule has 1 fully saturated rings. The van der Waals surface area contributed by atoms with Crippen LogP contribution in [0.3, 0.4) is 0 Å². The van der Waals surface area contributed by atoms with E-state index in [2.05, 4.69) is 45.9 Å². The molecule has 1 aromatic rings. The maximum Gasteiger partial charge on any atom is 0.0654 e. The summed E-state index contributed by atoms with van der Waals surface area (Å²) < 4.78 is 0. The second-order valence-corrected chi connectivity index (χ2v) is 6.48. The molecule has 1 saturated carbocycles. The molecule has 3 N–H and O–H groups in total. The van der Waals surface area contributed by atoms with Gasteiger partial charge in [-0.1, -0.05) is 32.0 Å². The molecule has 1 aliphatic rings. The Morgan fingerprint density at radius 3 is 2.39 bits per heavy atom. The normalized spacial score (nSPS) is 24.7. The molecule has 1 aromatic carbocycles. The molecule has 0 aromatic heterocycles. The van der Waals surface area contributed by atoms with Crippen molar-refractivity contribution in [2.75, 3.05) is 6.54 Å². The Morgan fingerprint density at radius 1 is 1.33 bits per heavy atom. The van der Waals surface area contributed by atoms with Crippen molar-refractivity contribution in [3.63, 3.8) is 0 Å². The lowest BCUT2D eigenvalue weighted by molar-refractivity contribution is 0.109. The minimum absolute atomic E-state index is 0.0658. The number of hydrogen-bond donors (Lipinski definition) is 2. The van der Waals surface area contributed by atoms with E-state index in [4.69, 9.17) is 5.73 Å². The Labute approximate surface area is 110 Å². The van der Waals surface area contributed by atoms with E-state index in [1.807, 2.05) is 0 Å². The molecule has 0 spiro atoms. The van der Waals surface area contributed by atoms with Crippen LogP contribution in [0.25, 0.3) is 0 Å². The van der Waals surface area contributed by atoms with Crippen molar-refractivity contribution >= 4 is 0 Å². The summed E-state index contributed by atoms with van der Waals surface area (Å²) in [5.41, 5.74) is 9.91. The first-order chi connectivity index (χ1) is 8.36. The van der Waals surface area contributed by atoms with E-state index in [1.54, 1.807) is 0 Å². The molecule has 0 bridgehead atoms. The van der Waals surface area contributed by atoms with Crippen molar-refractivity contribution in [1.82, 2.24) is 0 Å². The predicted molar refractivity (Wildman–Crippen MR) is 75.6 cm³/mol. The molecule has 0 aliphatic heterocycles. The first-order valence-electron chi connectivity index (χ1n) is 6.82. The van der Waals surface area contributed by atoms with Gasteiger partial charge in [-0.15, -0.1) is 0 Å². The fraction of sp³-hybridized carbons (Fsp3) is 0.625. The minimum atomic E-state index is -0.313. The third kappa shape index (κ3) is 2.45. The van der Waals surface area contributed by atoms with Crippen LogP contribution in [0.2, 0.25) is 0 Å². The summed E-state index contributed by atoms with van der Waals surface area (Å²) in [5, 5.41) is 10.5. The van der Waals surface area contributed by atoms with Crippen LogP contribution in [-0.4, -0.2) is 17.8 Å². The highest BCUT2D eigenvalue weighted by Gasteiger charge is 2.51. The van der Waals surface area contributed by atoms with Gasteiger partial charge in [-0.05, 0) is 48.3 Å². The topological polar surface area (TPSA) is 46.2 Å². The summed E-state index contributed by atoms with van der Waals surface area (Å²) in [6.45, 7) is 9.16. The first-order valence-corrected chi connectivity index (χ1v) is 6.82. The van der Waals surface area contributed by atoms with Gasteiger partial charge in [0.2, 0.25) is 0 Å². The monoisotopic (exact) mass is 247 g/mol. The molecule has 1 aliphatic carbocycles. The Morgan fingerprint density at radius 2 is 1.94 bits per heavy atom. The highest BCUT2D eigenvalue weighted by molar-refractivity contribution is 5.33. The fourth-order valence-corrected chi connectivity index (χ4v) is 2.84. The van der Waals surface area contributed by atoms with Crippen LogP contribution in [0.5, 0.6) is 0 Å². The molecule has 3 unspecified atom stereocenters. The second kappa shape index (κ2) is 4.67. The van der Waals surface area contributed by atoms with E-state index in [1.165, 1.54) is 16.7 Å². The number of aliphatic hydroxyl groups excluding tert-OH is 1. The van der Waals surface area contributed by atoms with E-state index in [0.717, 1.165) is 6.42 Å². The number of aliphatic hydroxyl groups is 1. The van der Waals surface area contributed by atoms with Crippen LogP contribution in [0.1, 0.15) is 42.9 Å². The molecular weight excluding hydrogens is 222 g/mol. The quantitative estimate of drug-likeness (QED) is 0.859. The van der Waals surface area contributed by atoms with E-state index < -0.39 is 0 Å². The Kier molecular flexibility index (Phi) is 3.52. The number of nitrogens with two attached hydrogens (primary N) is 1. The molecule has 2 rings (SSSR count). The molecule has 0 amide bonds. The van der Waals surface area contributed by atoms with Gasteiger partial charge in [-0.2, -0.15) is 0 Å². The first kappa shape index (κ1) is 13.6. The standard InChI is InChI=1S/C16H25NO/c1-10-5-6-12(7-11(10)2)13(9-17)15(18)14-8-16(14,3)4/h5-7,13-15,18H,8-9,17H2,1-4H3. The van der Waals surface area contributed by atoms with Gasteiger partial charge in [0.25, 0.3) is 0 Å². The Balaban J connectivity index is 2.20. The molecule has 3 atom stereocenters. The van der Waals surface area contributed by atoms with Crippen LogP contribution in [0.15, 0.2) is 18.2 Å². The van der Waals surface area contributed by atoms with Gasteiger partial charge in [0.1, 0.15) is 0 Å². The van der Waals surface area contributed by atoms with Crippen LogP contribution < -0.4 is 5.73 Å². The maximum absolute atomic E-state index is 10.5. The van der Waals surface area contributed by atoms with Crippen molar-refractivity contribution < 1.29 is 5.11 Å². The van der Waals surface area contributed by atoms with Gasteiger partial charge < -0.3 is 10.8 Å². The third-order valence-electron chi connectivity index (χ3n) is 4.63. The molecule has 18 heavy (non-hydrogen) atoms. The lowest BCUT2D eigenvalue weighted by Gasteiger charge is -2.24. The molecule has 0 radical (unpaired) electrons. The highest BCUT2D eigenvalue weighted by atomic mass is 16.3. The summed E-state index contributed by atoms with van der Waals surface area (Å²) in [7, 11) is 0. The Hall–Kier alpha value is -0.860. The van der Waals surface area contributed by atoms with E-state index >= 15 is 0 Å². The number of aryl methyl sites for hydroxylation is 2. The van der Waals surface area contributed by atoms with Crippen LogP contribution in [-0.2, 0) is 0 Å². The number of rotatable bonds is 4. The lowest BCUT2D eigenvalue weighted by Crippen LogP contribution is -2.29. The molecular formula is C16H25NO. The molecule has 0 saturated heterocycles. The van der Waals surface area contributed by atoms with Crippen molar-refractivity contribution in [3.8, 4) is 0 Å². The average molecular weight is 247 g/mol. The SMILES string of the molecule is Cc1ccc(C(CN)C(O)C2CC2(C)C)cc1C.